The summed E-state index contributed by atoms with van der Waals surface area (Å²) in [5.74, 6) is 0.484. The largest absolute Gasteiger partial charge is 0.391 e. The highest BCUT2D eigenvalue weighted by Crippen LogP contribution is 2.42. The fourth-order valence-corrected chi connectivity index (χ4v) is 2.52. The van der Waals surface area contributed by atoms with Crippen LogP contribution in [0.15, 0.2) is 0 Å². The molecule has 1 saturated carbocycles. The maximum atomic E-state index is 12.5. The van der Waals surface area contributed by atoms with E-state index in [9.17, 15) is 13.2 Å². The molecule has 1 aromatic heterocycles. The molecule has 0 amide bonds. The van der Waals surface area contributed by atoms with Crippen LogP contribution in [0.1, 0.15) is 56.6 Å². The SMILES string of the molecule is CCCc1nc(C2CCC(C(F)(F)F)CC2)n[nH]1. The zero-order valence-electron chi connectivity index (χ0n) is 10.4. The summed E-state index contributed by atoms with van der Waals surface area (Å²) in [7, 11) is 0. The molecule has 0 unspecified atom stereocenters. The van der Waals surface area contributed by atoms with Gasteiger partial charge in [-0.3, -0.25) is 5.10 Å². The van der Waals surface area contributed by atoms with Gasteiger partial charge in [-0.2, -0.15) is 18.3 Å². The van der Waals surface area contributed by atoms with E-state index < -0.39 is 12.1 Å². The number of halogens is 3. The lowest BCUT2D eigenvalue weighted by Gasteiger charge is -2.28. The van der Waals surface area contributed by atoms with Gasteiger partial charge >= 0.3 is 6.18 Å². The quantitative estimate of drug-likeness (QED) is 0.903. The second kappa shape index (κ2) is 5.28. The molecule has 102 valence electrons. The van der Waals surface area contributed by atoms with Crippen LogP contribution in [0, 0.1) is 5.92 Å². The lowest BCUT2D eigenvalue weighted by Crippen LogP contribution is -2.27. The molecule has 1 aliphatic rings. The first-order valence-electron chi connectivity index (χ1n) is 6.48. The Morgan fingerprint density at radius 2 is 1.89 bits per heavy atom. The summed E-state index contributed by atoms with van der Waals surface area (Å²) in [5.41, 5.74) is 0. The van der Waals surface area contributed by atoms with E-state index in [4.69, 9.17) is 0 Å². The number of hydrogen-bond acceptors (Lipinski definition) is 2. The average molecular weight is 261 g/mol. The molecule has 0 radical (unpaired) electrons. The third-order valence-corrected chi connectivity index (χ3v) is 3.59. The topological polar surface area (TPSA) is 41.6 Å². The molecule has 1 heterocycles. The number of hydrogen-bond donors (Lipinski definition) is 1. The minimum Gasteiger partial charge on any atom is -0.263 e. The van der Waals surface area contributed by atoms with Gasteiger partial charge in [0.1, 0.15) is 5.82 Å². The van der Waals surface area contributed by atoms with Crippen molar-refractivity contribution >= 4 is 0 Å². The highest BCUT2D eigenvalue weighted by Gasteiger charge is 2.42. The first kappa shape index (κ1) is 13.4. The Balaban J connectivity index is 1.92. The van der Waals surface area contributed by atoms with Crippen molar-refractivity contribution < 1.29 is 13.2 Å². The zero-order chi connectivity index (χ0) is 13.2. The van der Waals surface area contributed by atoms with E-state index >= 15 is 0 Å². The Kier molecular flexibility index (Phi) is 3.92. The van der Waals surface area contributed by atoms with Gasteiger partial charge in [-0.05, 0) is 32.1 Å². The van der Waals surface area contributed by atoms with Crippen molar-refractivity contribution in [2.24, 2.45) is 5.92 Å². The van der Waals surface area contributed by atoms with Crippen molar-refractivity contribution in [2.45, 2.75) is 57.5 Å². The Labute approximate surface area is 104 Å². The van der Waals surface area contributed by atoms with Crippen LogP contribution in [-0.2, 0) is 6.42 Å². The highest BCUT2D eigenvalue weighted by molar-refractivity contribution is 5.00. The molecule has 0 atom stereocenters. The minimum absolute atomic E-state index is 0.0884. The van der Waals surface area contributed by atoms with Crippen molar-refractivity contribution in [2.75, 3.05) is 0 Å². The van der Waals surface area contributed by atoms with E-state index in [-0.39, 0.29) is 18.8 Å². The summed E-state index contributed by atoms with van der Waals surface area (Å²) in [6.45, 7) is 2.05. The van der Waals surface area contributed by atoms with Crippen LogP contribution in [-0.4, -0.2) is 21.4 Å². The molecule has 2 rings (SSSR count). The summed E-state index contributed by atoms with van der Waals surface area (Å²) >= 11 is 0. The van der Waals surface area contributed by atoms with Gasteiger partial charge in [0.15, 0.2) is 5.82 Å². The number of aryl methyl sites for hydroxylation is 1. The van der Waals surface area contributed by atoms with E-state index in [2.05, 4.69) is 22.1 Å². The number of H-pyrrole nitrogens is 1. The third kappa shape index (κ3) is 3.03. The molecule has 0 aromatic carbocycles. The van der Waals surface area contributed by atoms with Crippen molar-refractivity contribution in [1.82, 2.24) is 15.2 Å². The second-order valence-electron chi connectivity index (χ2n) is 4.98. The van der Waals surface area contributed by atoms with Crippen LogP contribution >= 0.6 is 0 Å². The molecule has 0 saturated heterocycles. The second-order valence-corrected chi connectivity index (χ2v) is 4.98. The Bertz CT molecular complexity index is 378. The van der Waals surface area contributed by atoms with Crippen molar-refractivity contribution in [3.05, 3.63) is 11.6 Å². The Morgan fingerprint density at radius 1 is 1.22 bits per heavy atom. The molecule has 0 bridgehead atoms. The number of aromatic nitrogens is 3. The zero-order valence-corrected chi connectivity index (χ0v) is 10.4. The van der Waals surface area contributed by atoms with E-state index in [1.54, 1.807) is 0 Å². The van der Waals surface area contributed by atoms with Gasteiger partial charge in [-0.15, -0.1) is 0 Å². The van der Waals surface area contributed by atoms with Crippen molar-refractivity contribution in [3.63, 3.8) is 0 Å². The fourth-order valence-electron chi connectivity index (χ4n) is 2.52. The maximum Gasteiger partial charge on any atom is 0.391 e. The van der Waals surface area contributed by atoms with Crippen LogP contribution in [0.4, 0.5) is 13.2 Å². The van der Waals surface area contributed by atoms with E-state index in [0.29, 0.717) is 18.7 Å². The summed E-state index contributed by atoms with van der Waals surface area (Å²) in [6.07, 6.45) is -0.753. The van der Waals surface area contributed by atoms with Gasteiger partial charge in [0.25, 0.3) is 0 Å². The molecular formula is C12H18F3N3. The molecule has 6 heteroatoms. The predicted octanol–water partition coefficient (Wildman–Crippen LogP) is 3.59. The predicted molar refractivity (Wildman–Crippen MR) is 61.1 cm³/mol. The molecule has 0 aliphatic heterocycles. The third-order valence-electron chi connectivity index (χ3n) is 3.59. The lowest BCUT2D eigenvalue weighted by atomic mass is 9.81. The van der Waals surface area contributed by atoms with Crippen LogP contribution in [0.5, 0.6) is 0 Å². The monoisotopic (exact) mass is 261 g/mol. The number of nitrogens with one attached hydrogen (secondary N) is 1. The molecule has 3 nitrogen and oxygen atoms in total. The Hall–Kier alpha value is -1.07. The standard InChI is InChI=1S/C12H18F3N3/c1-2-3-10-16-11(18-17-10)8-4-6-9(7-5-8)12(13,14)15/h8-9H,2-7H2,1H3,(H,16,17,18). The van der Waals surface area contributed by atoms with Crippen molar-refractivity contribution in [1.29, 1.82) is 0 Å². The molecule has 1 fully saturated rings. The van der Waals surface area contributed by atoms with Crippen LogP contribution in [0.3, 0.4) is 0 Å². The van der Waals surface area contributed by atoms with Crippen LogP contribution in [0.2, 0.25) is 0 Å². The maximum absolute atomic E-state index is 12.5. The number of nitrogens with zero attached hydrogens (tertiary/aromatic N) is 2. The summed E-state index contributed by atoms with van der Waals surface area (Å²) < 4.78 is 37.6. The van der Waals surface area contributed by atoms with Gasteiger partial charge in [-0.1, -0.05) is 6.92 Å². The molecular weight excluding hydrogens is 243 g/mol. The smallest absolute Gasteiger partial charge is 0.263 e. The molecule has 18 heavy (non-hydrogen) atoms. The van der Waals surface area contributed by atoms with E-state index in [1.165, 1.54) is 0 Å². The molecule has 1 aliphatic carbocycles. The van der Waals surface area contributed by atoms with Gasteiger partial charge in [0.2, 0.25) is 0 Å². The lowest BCUT2D eigenvalue weighted by molar-refractivity contribution is -0.182. The first-order chi connectivity index (χ1) is 8.50. The first-order valence-corrected chi connectivity index (χ1v) is 6.48. The van der Waals surface area contributed by atoms with E-state index in [0.717, 1.165) is 18.7 Å². The van der Waals surface area contributed by atoms with Gasteiger partial charge in [-0.25, -0.2) is 4.98 Å². The summed E-state index contributed by atoms with van der Waals surface area (Å²) in [4.78, 5) is 4.36. The number of rotatable bonds is 3. The van der Waals surface area contributed by atoms with Gasteiger partial charge < -0.3 is 0 Å². The molecule has 1 N–H and O–H groups in total. The van der Waals surface area contributed by atoms with Crippen LogP contribution in [0.25, 0.3) is 0 Å². The highest BCUT2D eigenvalue weighted by atomic mass is 19.4. The average Bonchev–Trinajstić information content (AvgIpc) is 2.77. The number of aromatic amines is 1. The Morgan fingerprint density at radius 3 is 2.44 bits per heavy atom. The number of alkyl halides is 3. The van der Waals surface area contributed by atoms with Gasteiger partial charge in [0, 0.05) is 12.3 Å². The van der Waals surface area contributed by atoms with Gasteiger partial charge in [0.05, 0.1) is 5.92 Å². The normalized spacial score (nSPS) is 25.3. The molecule has 1 aromatic rings. The fraction of sp³-hybridized carbons (Fsp3) is 0.833. The summed E-state index contributed by atoms with van der Waals surface area (Å²) in [6, 6.07) is 0. The van der Waals surface area contributed by atoms with Crippen molar-refractivity contribution in [3.8, 4) is 0 Å². The molecule has 0 spiro atoms. The van der Waals surface area contributed by atoms with E-state index in [1.807, 2.05) is 0 Å². The van der Waals surface area contributed by atoms with Crippen LogP contribution < -0.4 is 0 Å². The minimum atomic E-state index is -4.04. The summed E-state index contributed by atoms with van der Waals surface area (Å²) in [5, 5.41) is 6.99.